The van der Waals surface area contributed by atoms with E-state index in [4.69, 9.17) is 13.9 Å². The molecular weight excluding hydrogens is 336 g/mol. The zero-order chi connectivity index (χ0) is 18.5. The maximum atomic E-state index is 12.3. The fourth-order valence-corrected chi connectivity index (χ4v) is 2.48. The smallest absolute Gasteiger partial charge is 0.291 e. The van der Waals surface area contributed by atoms with E-state index in [0.717, 1.165) is 12.8 Å². The Balaban J connectivity index is 1.89. The second kappa shape index (κ2) is 7.95. The van der Waals surface area contributed by atoms with E-state index in [9.17, 15) is 9.59 Å². The molecule has 1 aliphatic carbocycles. The topological polar surface area (TPSA) is 89.8 Å². The number of hydrogen-bond acceptors (Lipinski definition) is 5. The third-order valence-corrected chi connectivity index (χ3v) is 3.88. The quantitative estimate of drug-likeness (QED) is 0.751. The number of anilines is 2. The molecule has 0 unspecified atom stereocenters. The number of amides is 2. The highest BCUT2D eigenvalue weighted by molar-refractivity contribution is 6.04. The van der Waals surface area contributed by atoms with Gasteiger partial charge in [0.15, 0.2) is 5.76 Å². The molecule has 0 radical (unpaired) electrons. The van der Waals surface area contributed by atoms with Gasteiger partial charge >= 0.3 is 0 Å². The zero-order valence-corrected chi connectivity index (χ0v) is 14.8. The number of furan rings is 1. The summed E-state index contributed by atoms with van der Waals surface area (Å²) in [6.07, 6.45) is 3.25. The predicted octanol–water partition coefficient (Wildman–Crippen LogP) is 3.68. The molecule has 1 saturated carbocycles. The summed E-state index contributed by atoms with van der Waals surface area (Å²) < 4.78 is 16.4. The lowest BCUT2D eigenvalue weighted by Crippen LogP contribution is -2.16. The molecule has 0 saturated heterocycles. The molecule has 138 valence electrons. The van der Waals surface area contributed by atoms with Crippen molar-refractivity contribution in [1.29, 1.82) is 0 Å². The van der Waals surface area contributed by atoms with Gasteiger partial charge in [-0.1, -0.05) is 0 Å². The first-order valence-corrected chi connectivity index (χ1v) is 8.71. The molecule has 0 spiro atoms. The first-order valence-electron chi connectivity index (χ1n) is 8.71. The Kier molecular flexibility index (Phi) is 5.46. The van der Waals surface area contributed by atoms with Gasteiger partial charge in [0, 0.05) is 18.1 Å². The molecule has 0 bridgehead atoms. The lowest BCUT2D eigenvalue weighted by atomic mass is 10.2. The van der Waals surface area contributed by atoms with Crippen molar-refractivity contribution in [3.63, 3.8) is 0 Å². The van der Waals surface area contributed by atoms with Crippen LogP contribution in [0.4, 0.5) is 11.4 Å². The molecule has 1 aromatic heterocycles. The predicted molar refractivity (Wildman–Crippen MR) is 96.8 cm³/mol. The molecule has 0 atom stereocenters. The van der Waals surface area contributed by atoms with Gasteiger partial charge in [-0.2, -0.15) is 0 Å². The van der Waals surface area contributed by atoms with Crippen molar-refractivity contribution in [2.45, 2.75) is 26.7 Å². The van der Waals surface area contributed by atoms with Crippen LogP contribution in [-0.2, 0) is 4.79 Å². The Labute approximate surface area is 151 Å². The van der Waals surface area contributed by atoms with E-state index >= 15 is 0 Å². The van der Waals surface area contributed by atoms with Gasteiger partial charge in [0.05, 0.1) is 30.9 Å². The van der Waals surface area contributed by atoms with Gasteiger partial charge in [-0.25, -0.2) is 0 Å². The van der Waals surface area contributed by atoms with Gasteiger partial charge < -0.3 is 24.5 Å². The molecule has 7 nitrogen and oxygen atoms in total. The van der Waals surface area contributed by atoms with Crippen LogP contribution in [0.25, 0.3) is 0 Å². The highest BCUT2D eigenvalue weighted by Crippen LogP contribution is 2.38. The Morgan fingerprint density at radius 1 is 1.08 bits per heavy atom. The second-order valence-electron chi connectivity index (χ2n) is 5.91. The number of benzene rings is 1. The molecule has 2 N–H and O–H groups in total. The maximum Gasteiger partial charge on any atom is 0.291 e. The minimum atomic E-state index is -0.395. The lowest BCUT2D eigenvalue weighted by molar-refractivity contribution is -0.117. The van der Waals surface area contributed by atoms with Crippen molar-refractivity contribution >= 4 is 23.2 Å². The van der Waals surface area contributed by atoms with Crippen LogP contribution in [0, 0.1) is 5.92 Å². The van der Waals surface area contributed by atoms with E-state index in [1.807, 2.05) is 13.8 Å². The highest BCUT2D eigenvalue weighted by atomic mass is 16.5. The van der Waals surface area contributed by atoms with Crippen LogP contribution in [0.2, 0.25) is 0 Å². The molecule has 1 aliphatic rings. The summed E-state index contributed by atoms with van der Waals surface area (Å²) in [7, 11) is 0. The van der Waals surface area contributed by atoms with Gasteiger partial charge in [-0.05, 0) is 38.8 Å². The summed E-state index contributed by atoms with van der Waals surface area (Å²) in [6.45, 7) is 4.53. The van der Waals surface area contributed by atoms with Crippen molar-refractivity contribution in [1.82, 2.24) is 0 Å². The standard InChI is InChI=1S/C19H22N2O5/c1-3-24-16-11-14(21-19(23)15-6-5-9-26-15)17(25-4-2)10-13(16)20-18(22)12-7-8-12/h5-6,9-12H,3-4,7-8H2,1-2H3,(H,20,22)(H,21,23). The summed E-state index contributed by atoms with van der Waals surface area (Å²) >= 11 is 0. The van der Waals surface area contributed by atoms with E-state index < -0.39 is 5.91 Å². The third-order valence-electron chi connectivity index (χ3n) is 3.88. The van der Waals surface area contributed by atoms with E-state index in [2.05, 4.69) is 10.6 Å². The maximum absolute atomic E-state index is 12.3. The van der Waals surface area contributed by atoms with Crippen LogP contribution in [0.3, 0.4) is 0 Å². The van der Waals surface area contributed by atoms with Crippen molar-refractivity contribution in [3.8, 4) is 11.5 Å². The molecule has 7 heteroatoms. The minimum Gasteiger partial charge on any atom is -0.492 e. The van der Waals surface area contributed by atoms with Crippen LogP contribution in [0.1, 0.15) is 37.2 Å². The summed E-state index contributed by atoms with van der Waals surface area (Å²) in [5, 5.41) is 5.65. The number of carbonyl (C=O) groups excluding carboxylic acids is 2. The summed E-state index contributed by atoms with van der Waals surface area (Å²) in [6, 6.07) is 6.54. The van der Waals surface area contributed by atoms with Gasteiger partial charge in [-0.15, -0.1) is 0 Å². The summed E-state index contributed by atoms with van der Waals surface area (Å²) in [4.78, 5) is 24.4. The fraction of sp³-hybridized carbons (Fsp3) is 0.368. The van der Waals surface area contributed by atoms with Crippen molar-refractivity contribution in [3.05, 3.63) is 36.3 Å². The molecule has 26 heavy (non-hydrogen) atoms. The molecule has 0 aliphatic heterocycles. The number of hydrogen-bond donors (Lipinski definition) is 2. The summed E-state index contributed by atoms with van der Waals surface area (Å²) in [5.74, 6) is 0.755. The van der Waals surface area contributed by atoms with Crippen LogP contribution in [0.15, 0.2) is 34.9 Å². The number of carbonyl (C=O) groups is 2. The molecule has 2 aromatic rings. The fourth-order valence-electron chi connectivity index (χ4n) is 2.48. The monoisotopic (exact) mass is 358 g/mol. The average Bonchev–Trinajstić information content (AvgIpc) is 3.33. The van der Waals surface area contributed by atoms with E-state index in [1.165, 1.54) is 6.26 Å². The Bertz CT molecular complexity index is 781. The van der Waals surface area contributed by atoms with Gasteiger partial charge in [0.25, 0.3) is 5.91 Å². The summed E-state index contributed by atoms with van der Waals surface area (Å²) in [5.41, 5.74) is 0.976. The van der Waals surface area contributed by atoms with Crippen LogP contribution < -0.4 is 20.1 Å². The third kappa shape index (κ3) is 4.17. The molecule has 2 amide bonds. The van der Waals surface area contributed by atoms with Gasteiger partial charge in [0.1, 0.15) is 11.5 Å². The number of nitrogens with one attached hydrogen (secondary N) is 2. The normalized spacial score (nSPS) is 13.2. The van der Waals surface area contributed by atoms with Crippen LogP contribution in [-0.4, -0.2) is 25.0 Å². The second-order valence-corrected chi connectivity index (χ2v) is 5.91. The van der Waals surface area contributed by atoms with Gasteiger partial charge in [0.2, 0.25) is 5.91 Å². The molecule has 1 aromatic carbocycles. The minimum absolute atomic E-state index is 0.0271. The molecule has 1 heterocycles. The highest BCUT2D eigenvalue weighted by Gasteiger charge is 2.30. The number of rotatable bonds is 8. The van der Waals surface area contributed by atoms with Crippen molar-refractivity contribution in [2.24, 2.45) is 5.92 Å². The largest absolute Gasteiger partial charge is 0.492 e. The Hall–Kier alpha value is -2.96. The SMILES string of the molecule is CCOc1cc(NC(=O)C2CC2)c(OCC)cc1NC(=O)c1ccco1. The Morgan fingerprint density at radius 3 is 2.19 bits per heavy atom. The number of ether oxygens (including phenoxy) is 2. The van der Waals surface area contributed by atoms with Crippen molar-refractivity contribution < 1.29 is 23.5 Å². The molecule has 3 rings (SSSR count). The van der Waals surface area contributed by atoms with Crippen LogP contribution >= 0.6 is 0 Å². The van der Waals surface area contributed by atoms with E-state index in [0.29, 0.717) is 36.1 Å². The Morgan fingerprint density at radius 2 is 1.69 bits per heavy atom. The van der Waals surface area contributed by atoms with Gasteiger partial charge in [-0.3, -0.25) is 9.59 Å². The zero-order valence-electron chi connectivity index (χ0n) is 14.8. The first-order chi connectivity index (χ1) is 12.6. The van der Waals surface area contributed by atoms with E-state index in [-0.39, 0.29) is 17.6 Å². The average molecular weight is 358 g/mol. The first kappa shape index (κ1) is 17.8. The van der Waals surface area contributed by atoms with E-state index in [1.54, 1.807) is 24.3 Å². The van der Waals surface area contributed by atoms with Crippen molar-refractivity contribution in [2.75, 3.05) is 23.8 Å². The van der Waals surface area contributed by atoms with Crippen LogP contribution in [0.5, 0.6) is 11.5 Å². The lowest BCUT2D eigenvalue weighted by Gasteiger charge is -2.17. The molecular formula is C19H22N2O5. The molecule has 1 fully saturated rings.